The van der Waals surface area contributed by atoms with Crippen molar-refractivity contribution in [1.29, 1.82) is 5.26 Å². The molecule has 0 aliphatic rings. The Morgan fingerprint density at radius 1 is 1.40 bits per heavy atom. The van der Waals surface area contributed by atoms with E-state index in [0.29, 0.717) is 5.56 Å². The van der Waals surface area contributed by atoms with Crippen molar-refractivity contribution in [3.8, 4) is 18.4 Å². The van der Waals surface area contributed by atoms with Gasteiger partial charge in [0.25, 0.3) is 0 Å². The summed E-state index contributed by atoms with van der Waals surface area (Å²) in [7, 11) is 1.98. The number of nitrogens with zero attached hydrogens (tertiary/aromatic N) is 2. The maximum atomic E-state index is 8.93. The van der Waals surface area contributed by atoms with Crippen LogP contribution in [-0.4, -0.2) is 13.6 Å². The van der Waals surface area contributed by atoms with E-state index in [1.54, 1.807) is 0 Å². The molecular weight excluding hydrogens is 184 g/mol. The molecule has 76 valence electrons. The van der Waals surface area contributed by atoms with Crippen LogP contribution in [0.5, 0.6) is 0 Å². The van der Waals surface area contributed by atoms with Crippen molar-refractivity contribution < 1.29 is 0 Å². The van der Waals surface area contributed by atoms with E-state index < -0.39 is 0 Å². The number of terminal acetylenes is 1. The Balaban J connectivity index is 2.70. The van der Waals surface area contributed by atoms with Gasteiger partial charge in [-0.3, -0.25) is 0 Å². The molecule has 2 nitrogen and oxygen atoms in total. The molecule has 0 N–H and O–H groups in total. The van der Waals surface area contributed by atoms with Gasteiger partial charge in [-0.2, -0.15) is 5.26 Å². The first-order valence-electron chi connectivity index (χ1n) is 4.93. The number of hydrogen-bond donors (Lipinski definition) is 0. The maximum absolute atomic E-state index is 8.93. The Kier molecular flexibility index (Phi) is 4.26. The molecule has 15 heavy (non-hydrogen) atoms. The molecule has 1 rings (SSSR count). The van der Waals surface area contributed by atoms with Crippen LogP contribution in [0.4, 0.5) is 5.69 Å². The molecule has 2 heteroatoms. The minimum absolute atomic E-state index is 0.709. The Morgan fingerprint density at radius 3 is 2.80 bits per heavy atom. The van der Waals surface area contributed by atoms with Crippen LogP contribution >= 0.6 is 0 Å². The average Bonchev–Trinajstić information content (AvgIpc) is 2.29. The molecule has 0 atom stereocenters. The average molecular weight is 198 g/mol. The molecule has 0 fully saturated rings. The van der Waals surface area contributed by atoms with Crippen LogP contribution in [0, 0.1) is 23.7 Å². The summed E-state index contributed by atoms with van der Waals surface area (Å²) in [6.45, 7) is 0.878. The molecule has 0 aliphatic carbocycles. The maximum Gasteiger partial charge on any atom is 0.101 e. The second-order valence-electron chi connectivity index (χ2n) is 3.36. The molecule has 0 radical (unpaired) electrons. The Labute approximate surface area is 91.1 Å². The SMILES string of the molecule is C#CCCCN(C)c1ccccc1C#N. The Bertz CT molecular complexity index is 396. The number of rotatable bonds is 4. The molecule has 0 heterocycles. The first-order valence-corrected chi connectivity index (χ1v) is 4.93. The number of anilines is 1. The van der Waals surface area contributed by atoms with Crippen molar-refractivity contribution in [2.75, 3.05) is 18.5 Å². The van der Waals surface area contributed by atoms with Gasteiger partial charge in [-0.25, -0.2) is 0 Å². The standard InChI is InChI=1S/C13H14N2/c1-3-4-7-10-15(2)13-9-6-5-8-12(13)11-14/h1,5-6,8-9H,4,7,10H2,2H3. The van der Waals surface area contributed by atoms with E-state index >= 15 is 0 Å². The van der Waals surface area contributed by atoms with Crippen molar-refractivity contribution in [2.24, 2.45) is 0 Å². The summed E-state index contributed by atoms with van der Waals surface area (Å²) in [5.74, 6) is 2.61. The lowest BCUT2D eigenvalue weighted by atomic mass is 10.1. The van der Waals surface area contributed by atoms with E-state index in [-0.39, 0.29) is 0 Å². The van der Waals surface area contributed by atoms with Crippen molar-refractivity contribution in [3.63, 3.8) is 0 Å². The van der Waals surface area contributed by atoms with Crippen LogP contribution in [0.3, 0.4) is 0 Å². The predicted molar refractivity (Wildman–Crippen MR) is 62.5 cm³/mol. The van der Waals surface area contributed by atoms with E-state index in [9.17, 15) is 0 Å². The largest absolute Gasteiger partial charge is 0.373 e. The van der Waals surface area contributed by atoms with Crippen molar-refractivity contribution >= 4 is 5.69 Å². The first kappa shape index (κ1) is 11.1. The first-order chi connectivity index (χ1) is 7.29. The highest BCUT2D eigenvalue weighted by atomic mass is 15.1. The van der Waals surface area contributed by atoms with Gasteiger partial charge in [-0.15, -0.1) is 12.3 Å². The van der Waals surface area contributed by atoms with Gasteiger partial charge in [0.05, 0.1) is 11.3 Å². The third-order valence-corrected chi connectivity index (χ3v) is 2.25. The van der Waals surface area contributed by atoms with E-state index in [0.717, 1.165) is 25.1 Å². The highest BCUT2D eigenvalue weighted by molar-refractivity contribution is 5.58. The second kappa shape index (κ2) is 5.73. The van der Waals surface area contributed by atoms with Crippen molar-refractivity contribution in [1.82, 2.24) is 0 Å². The predicted octanol–water partition coefficient (Wildman–Crippen LogP) is 2.41. The molecule has 0 aromatic heterocycles. The minimum atomic E-state index is 0.709. The van der Waals surface area contributed by atoms with Crippen LogP contribution in [0.15, 0.2) is 24.3 Å². The zero-order valence-corrected chi connectivity index (χ0v) is 8.90. The number of benzene rings is 1. The monoisotopic (exact) mass is 198 g/mol. The van der Waals surface area contributed by atoms with Gasteiger partial charge in [-0.1, -0.05) is 12.1 Å². The smallest absolute Gasteiger partial charge is 0.101 e. The Morgan fingerprint density at radius 2 is 2.13 bits per heavy atom. The molecule has 1 aromatic rings. The van der Waals surface area contributed by atoms with Gasteiger partial charge in [0.1, 0.15) is 6.07 Å². The van der Waals surface area contributed by atoms with E-state index in [1.165, 1.54) is 0 Å². The van der Waals surface area contributed by atoms with Gasteiger partial charge >= 0.3 is 0 Å². The Hall–Kier alpha value is -1.93. The van der Waals surface area contributed by atoms with Gasteiger partial charge < -0.3 is 4.90 Å². The fraction of sp³-hybridized carbons (Fsp3) is 0.308. The van der Waals surface area contributed by atoms with Gasteiger partial charge in [-0.05, 0) is 18.6 Å². The molecular formula is C13H14N2. The number of unbranched alkanes of at least 4 members (excludes halogenated alkanes) is 1. The van der Waals surface area contributed by atoms with E-state index in [4.69, 9.17) is 11.7 Å². The van der Waals surface area contributed by atoms with Crippen LogP contribution in [0.1, 0.15) is 18.4 Å². The van der Waals surface area contributed by atoms with Crippen LogP contribution in [-0.2, 0) is 0 Å². The zero-order valence-electron chi connectivity index (χ0n) is 8.90. The molecule has 0 bridgehead atoms. The van der Waals surface area contributed by atoms with Crippen LogP contribution < -0.4 is 4.90 Å². The molecule has 0 saturated heterocycles. The number of nitriles is 1. The molecule has 1 aromatic carbocycles. The lowest BCUT2D eigenvalue weighted by Crippen LogP contribution is -2.19. The topological polar surface area (TPSA) is 27.0 Å². The molecule has 0 aliphatic heterocycles. The molecule has 0 amide bonds. The van der Waals surface area contributed by atoms with Gasteiger partial charge in [0, 0.05) is 20.0 Å². The summed E-state index contributed by atoms with van der Waals surface area (Å²) in [4.78, 5) is 2.07. The number of hydrogen-bond acceptors (Lipinski definition) is 2. The lowest BCUT2D eigenvalue weighted by molar-refractivity contribution is 0.810. The minimum Gasteiger partial charge on any atom is -0.373 e. The molecule has 0 spiro atoms. The van der Waals surface area contributed by atoms with Crippen molar-refractivity contribution in [3.05, 3.63) is 29.8 Å². The summed E-state index contributed by atoms with van der Waals surface area (Å²) in [6, 6.07) is 9.77. The van der Waals surface area contributed by atoms with E-state index in [2.05, 4.69) is 16.9 Å². The van der Waals surface area contributed by atoms with E-state index in [1.807, 2.05) is 31.3 Å². The summed E-state index contributed by atoms with van der Waals surface area (Å²) in [5.41, 5.74) is 1.68. The third kappa shape index (κ3) is 3.04. The zero-order chi connectivity index (χ0) is 11.1. The van der Waals surface area contributed by atoms with Crippen molar-refractivity contribution in [2.45, 2.75) is 12.8 Å². The lowest BCUT2D eigenvalue weighted by Gasteiger charge is -2.19. The third-order valence-electron chi connectivity index (χ3n) is 2.25. The summed E-state index contributed by atoms with van der Waals surface area (Å²) < 4.78 is 0. The summed E-state index contributed by atoms with van der Waals surface area (Å²) in [5, 5.41) is 8.93. The second-order valence-corrected chi connectivity index (χ2v) is 3.36. The van der Waals surface area contributed by atoms with Crippen LogP contribution in [0.2, 0.25) is 0 Å². The normalized spacial score (nSPS) is 9.00. The highest BCUT2D eigenvalue weighted by Gasteiger charge is 2.04. The van der Waals surface area contributed by atoms with Gasteiger partial charge in [0.2, 0.25) is 0 Å². The number of para-hydroxylation sites is 1. The summed E-state index contributed by atoms with van der Waals surface area (Å²) >= 11 is 0. The molecule has 0 saturated carbocycles. The fourth-order valence-corrected chi connectivity index (χ4v) is 1.44. The summed E-state index contributed by atoms with van der Waals surface area (Å²) in [6.07, 6.45) is 6.92. The highest BCUT2D eigenvalue weighted by Crippen LogP contribution is 2.18. The van der Waals surface area contributed by atoms with Gasteiger partial charge in [0.15, 0.2) is 0 Å². The molecule has 0 unspecified atom stereocenters. The quantitative estimate of drug-likeness (QED) is 0.548. The van der Waals surface area contributed by atoms with Crippen LogP contribution in [0.25, 0.3) is 0 Å². The fourth-order valence-electron chi connectivity index (χ4n) is 1.44.